The molecule has 9 heteroatoms. The maximum Gasteiger partial charge on any atom is 0.323 e. The molecule has 3 rings (SSSR count). The van der Waals surface area contributed by atoms with E-state index in [1.54, 1.807) is 17.4 Å². The smallest absolute Gasteiger partial charge is 0.308 e. The fourth-order valence-corrected chi connectivity index (χ4v) is 3.22. The second kappa shape index (κ2) is 9.07. The highest BCUT2D eigenvalue weighted by atomic mass is 32.1. The Hall–Kier alpha value is -3.30. The first kappa shape index (κ1) is 19.5. The van der Waals surface area contributed by atoms with Gasteiger partial charge in [-0.25, -0.2) is 9.78 Å². The molecule has 8 nitrogen and oxygen atoms in total. The summed E-state index contributed by atoms with van der Waals surface area (Å²) < 4.78 is 0. The molecule has 0 saturated carbocycles. The minimum absolute atomic E-state index is 0.0274. The zero-order valence-electron chi connectivity index (χ0n) is 15.2. The Labute approximate surface area is 166 Å². The number of non-ortho nitro benzene ring substituents is 1. The minimum atomic E-state index is -0.485. The van der Waals surface area contributed by atoms with Gasteiger partial charge >= 0.3 is 6.03 Å². The first-order valence-electron chi connectivity index (χ1n) is 8.46. The molecule has 2 amide bonds. The molecule has 144 valence electrons. The topological polar surface area (TPSA) is 100 Å². The van der Waals surface area contributed by atoms with E-state index in [0.717, 1.165) is 24.3 Å². The van der Waals surface area contributed by atoms with E-state index >= 15 is 0 Å². The highest BCUT2D eigenvalue weighted by molar-refractivity contribution is 7.07. The second-order valence-corrected chi connectivity index (χ2v) is 6.95. The highest BCUT2D eigenvalue weighted by Crippen LogP contribution is 2.17. The Morgan fingerprint density at radius 3 is 2.57 bits per heavy atom. The number of aromatic nitrogens is 1. The third-order valence-electron chi connectivity index (χ3n) is 3.89. The van der Waals surface area contributed by atoms with Crippen LogP contribution in [-0.2, 0) is 13.1 Å². The number of nitro groups is 1. The number of hydrogen-bond donors (Lipinski definition) is 2. The number of benzene rings is 2. The van der Waals surface area contributed by atoms with Gasteiger partial charge in [-0.15, -0.1) is 11.3 Å². The van der Waals surface area contributed by atoms with Gasteiger partial charge in [-0.1, -0.05) is 12.1 Å². The van der Waals surface area contributed by atoms with Crippen LogP contribution in [-0.4, -0.2) is 27.9 Å². The van der Waals surface area contributed by atoms with Crippen LogP contribution in [0.25, 0.3) is 0 Å². The molecule has 0 aliphatic carbocycles. The summed E-state index contributed by atoms with van der Waals surface area (Å²) in [5.41, 5.74) is 5.02. The van der Waals surface area contributed by atoms with Gasteiger partial charge in [-0.3, -0.25) is 15.0 Å². The predicted molar refractivity (Wildman–Crippen MR) is 109 cm³/mol. The predicted octanol–water partition coefficient (Wildman–Crippen LogP) is 4.33. The minimum Gasteiger partial charge on any atom is -0.308 e. The zero-order valence-corrected chi connectivity index (χ0v) is 16.0. The standard InChI is InChI=1S/C19H19N5O3S/c1-23(11-17-12-28-13-20-17)10-14-3-2-4-16(9-14)22-19(25)21-15-5-7-18(8-6-15)24(26)27/h2-9,12-13H,10-11H2,1H3,(H2,21,22,25). The maximum atomic E-state index is 12.2. The van der Waals surface area contributed by atoms with E-state index in [1.807, 2.05) is 36.1 Å². The van der Waals surface area contributed by atoms with Gasteiger partial charge in [0.25, 0.3) is 5.69 Å². The average Bonchev–Trinajstić information content (AvgIpc) is 3.15. The summed E-state index contributed by atoms with van der Waals surface area (Å²) >= 11 is 1.57. The van der Waals surface area contributed by atoms with Crippen molar-refractivity contribution >= 4 is 34.4 Å². The van der Waals surface area contributed by atoms with Crippen LogP contribution >= 0.6 is 11.3 Å². The van der Waals surface area contributed by atoms with E-state index in [-0.39, 0.29) is 5.69 Å². The van der Waals surface area contributed by atoms with Crippen molar-refractivity contribution in [2.75, 3.05) is 17.7 Å². The Kier molecular flexibility index (Phi) is 6.30. The van der Waals surface area contributed by atoms with Gasteiger partial charge in [-0.2, -0.15) is 0 Å². The number of thiazole rings is 1. The van der Waals surface area contributed by atoms with Crippen molar-refractivity contribution in [1.82, 2.24) is 9.88 Å². The zero-order chi connectivity index (χ0) is 19.9. The molecule has 0 radical (unpaired) electrons. The monoisotopic (exact) mass is 397 g/mol. The van der Waals surface area contributed by atoms with Crippen molar-refractivity contribution in [3.8, 4) is 0 Å². The van der Waals surface area contributed by atoms with Crippen LogP contribution in [0, 0.1) is 10.1 Å². The van der Waals surface area contributed by atoms with Crippen LogP contribution in [0.5, 0.6) is 0 Å². The molecular weight excluding hydrogens is 378 g/mol. The molecule has 0 atom stereocenters. The van der Waals surface area contributed by atoms with Crippen molar-refractivity contribution < 1.29 is 9.72 Å². The number of carbonyl (C=O) groups excluding carboxylic acids is 1. The molecular formula is C19H19N5O3S. The van der Waals surface area contributed by atoms with Crippen LogP contribution in [0.3, 0.4) is 0 Å². The summed E-state index contributed by atoms with van der Waals surface area (Å²) in [5, 5.41) is 18.1. The first-order chi connectivity index (χ1) is 13.5. The molecule has 28 heavy (non-hydrogen) atoms. The van der Waals surface area contributed by atoms with Crippen molar-refractivity contribution in [2.24, 2.45) is 0 Å². The summed E-state index contributed by atoms with van der Waals surface area (Å²) in [6.07, 6.45) is 0. The normalized spacial score (nSPS) is 10.6. The lowest BCUT2D eigenvalue weighted by Gasteiger charge is -2.16. The maximum absolute atomic E-state index is 12.2. The number of nitro benzene ring substituents is 1. The number of carbonyl (C=O) groups is 1. The lowest BCUT2D eigenvalue weighted by atomic mass is 10.2. The Morgan fingerprint density at radius 1 is 1.14 bits per heavy atom. The third kappa shape index (κ3) is 5.60. The van der Waals surface area contributed by atoms with E-state index in [0.29, 0.717) is 11.4 Å². The lowest BCUT2D eigenvalue weighted by molar-refractivity contribution is -0.384. The Bertz CT molecular complexity index is 944. The summed E-state index contributed by atoms with van der Waals surface area (Å²) in [6, 6.07) is 12.8. The Morgan fingerprint density at radius 2 is 1.89 bits per heavy atom. The Balaban J connectivity index is 1.55. The molecule has 2 aromatic carbocycles. The largest absolute Gasteiger partial charge is 0.323 e. The van der Waals surface area contributed by atoms with E-state index in [2.05, 4.69) is 20.5 Å². The fourth-order valence-electron chi connectivity index (χ4n) is 2.67. The molecule has 0 aliphatic heterocycles. The van der Waals surface area contributed by atoms with E-state index < -0.39 is 11.0 Å². The van der Waals surface area contributed by atoms with Gasteiger partial charge in [-0.05, 0) is 36.9 Å². The highest BCUT2D eigenvalue weighted by Gasteiger charge is 2.08. The lowest BCUT2D eigenvalue weighted by Crippen LogP contribution is -2.20. The van der Waals surface area contributed by atoms with E-state index in [1.165, 1.54) is 24.3 Å². The fraction of sp³-hybridized carbons (Fsp3) is 0.158. The van der Waals surface area contributed by atoms with E-state index in [4.69, 9.17) is 0 Å². The number of anilines is 2. The van der Waals surface area contributed by atoms with Crippen LogP contribution < -0.4 is 10.6 Å². The molecule has 0 bridgehead atoms. The van der Waals surface area contributed by atoms with Gasteiger partial charge < -0.3 is 10.6 Å². The number of nitrogens with zero attached hydrogens (tertiary/aromatic N) is 3. The van der Waals surface area contributed by atoms with Gasteiger partial charge in [0.2, 0.25) is 0 Å². The van der Waals surface area contributed by atoms with Gasteiger partial charge in [0.05, 0.1) is 16.1 Å². The quantitative estimate of drug-likeness (QED) is 0.457. The average molecular weight is 397 g/mol. The molecule has 0 aliphatic rings. The molecule has 0 saturated heterocycles. The van der Waals surface area contributed by atoms with Crippen LogP contribution in [0.1, 0.15) is 11.3 Å². The summed E-state index contributed by atoms with van der Waals surface area (Å²) in [6.45, 7) is 1.47. The molecule has 0 fully saturated rings. The number of hydrogen-bond acceptors (Lipinski definition) is 6. The molecule has 1 heterocycles. The molecule has 1 aromatic heterocycles. The third-order valence-corrected chi connectivity index (χ3v) is 4.52. The van der Waals surface area contributed by atoms with Crippen molar-refractivity contribution in [3.05, 3.63) is 80.8 Å². The first-order valence-corrected chi connectivity index (χ1v) is 9.41. The second-order valence-electron chi connectivity index (χ2n) is 6.24. The van der Waals surface area contributed by atoms with Crippen molar-refractivity contribution in [1.29, 1.82) is 0 Å². The molecule has 3 aromatic rings. The van der Waals surface area contributed by atoms with Crippen LogP contribution in [0.2, 0.25) is 0 Å². The van der Waals surface area contributed by atoms with Gasteiger partial charge in [0, 0.05) is 42.0 Å². The molecule has 2 N–H and O–H groups in total. The number of nitrogens with one attached hydrogen (secondary N) is 2. The molecule has 0 unspecified atom stereocenters. The van der Waals surface area contributed by atoms with Crippen molar-refractivity contribution in [2.45, 2.75) is 13.1 Å². The number of amides is 2. The molecule has 0 spiro atoms. The van der Waals surface area contributed by atoms with Crippen LogP contribution in [0.15, 0.2) is 59.4 Å². The van der Waals surface area contributed by atoms with Gasteiger partial charge in [0.15, 0.2) is 0 Å². The van der Waals surface area contributed by atoms with Crippen LogP contribution in [0.4, 0.5) is 21.9 Å². The SMILES string of the molecule is CN(Cc1cccc(NC(=O)Nc2ccc([N+](=O)[O-])cc2)c1)Cc1cscn1. The van der Waals surface area contributed by atoms with Crippen molar-refractivity contribution in [3.63, 3.8) is 0 Å². The number of rotatable bonds is 7. The number of urea groups is 1. The summed E-state index contributed by atoms with van der Waals surface area (Å²) in [4.78, 5) is 28.8. The summed E-state index contributed by atoms with van der Waals surface area (Å²) in [5.74, 6) is 0. The summed E-state index contributed by atoms with van der Waals surface area (Å²) in [7, 11) is 2.01. The van der Waals surface area contributed by atoms with E-state index in [9.17, 15) is 14.9 Å². The van der Waals surface area contributed by atoms with Gasteiger partial charge in [0.1, 0.15) is 0 Å².